The highest BCUT2D eigenvalue weighted by molar-refractivity contribution is 6.07. The van der Waals surface area contributed by atoms with Gasteiger partial charge in [0.1, 0.15) is 6.29 Å². The van der Waals surface area contributed by atoms with Crippen LogP contribution in [-0.2, 0) is 14.4 Å². The molecule has 13 nitrogen and oxygen atoms in total. The molecule has 2 aliphatic heterocycles. The Morgan fingerprint density at radius 3 is 2.03 bits per heavy atom. The molecule has 0 spiro atoms. The first-order valence-corrected chi connectivity index (χ1v) is 22.2. The molecule has 2 fully saturated rings. The third-order valence-electron chi connectivity index (χ3n) is 11.7. The van der Waals surface area contributed by atoms with Crippen LogP contribution in [0.3, 0.4) is 0 Å². The molecule has 2 amide bonds. The summed E-state index contributed by atoms with van der Waals surface area (Å²) in [6, 6.07) is 0.348. The van der Waals surface area contributed by atoms with Gasteiger partial charge in [0.25, 0.3) is 0 Å². The fraction of sp³-hybridized carbons (Fsp3) is 0.689. The Balaban J connectivity index is 1.57. The third-order valence-corrected chi connectivity index (χ3v) is 11.7. The average Bonchev–Trinajstić information content (AvgIpc) is 3.20. The molecule has 0 radical (unpaired) electrons. The summed E-state index contributed by atoms with van der Waals surface area (Å²) in [5.74, 6) is 0.128. The summed E-state index contributed by atoms with van der Waals surface area (Å²) in [6.45, 7) is 16.8. The lowest BCUT2D eigenvalue weighted by Gasteiger charge is -2.41. The van der Waals surface area contributed by atoms with Crippen LogP contribution in [0.5, 0.6) is 0 Å². The van der Waals surface area contributed by atoms with Gasteiger partial charge in [0.15, 0.2) is 0 Å². The normalized spacial score (nSPS) is 19.7. The first kappa shape index (κ1) is 46.9. The predicted octanol–water partition coefficient (Wildman–Crippen LogP) is 4.95. The van der Waals surface area contributed by atoms with Gasteiger partial charge in [0.2, 0.25) is 11.8 Å². The molecule has 3 aliphatic rings. The predicted molar refractivity (Wildman–Crippen MR) is 244 cm³/mol. The van der Waals surface area contributed by atoms with Crippen LogP contribution in [0.15, 0.2) is 17.1 Å². The van der Waals surface area contributed by atoms with Gasteiger partial charge < -0.3 is 45.2 Å². The van der Waals surface area contributed by atoms with E-state index in [9.17, 15) is 14.4 Å². The summed E-state index contributed by atoms with van der Waals surface area (Å²) in [4.78, 5) is 56.4. The van der Waals surface area contributed by atoms with Gasteiger partial charge >= 0.3 is 0 Å². The monoisotopic (exact) mass is 805 g/mol. The smallest absolute Gasteiger partial charge is 0.234 e. The number of nitrogens with zero attached hydrogens (tertiary/aromatic N) is 7. The fourth-order valence-electron chi connectivity index (χ4n) is 8.82. The minimum atomic E-state index is 0.0458. The fourth-order valence-corrected chi connectivity index (χ4v) is 8.82. The van der Waals surface area contributed by atoms with Crippen molar-refractivity contribution in [2.24, 2.45) is 4.99 Å². The maximum Gasteiger partial charge on any atom is 0.234 e. The Morgan fingerprint density at radius 2 is 1.41 bits per heavy atom. The van der Waals surface area contributed by atoms with E-state index in [1.807, 2.05) is 20.9 Å². The van der Waals surface area contributed by atoms with Crippen LogP contribution in [0.25, 0.3) is 12.2 Å². The van der Waals surface area contributed by atoms with E-state index in [1.54, 1.807) is 0 Å². The number of carbonyl (C=O) groups is 3. The number of aldehydes is 1. The molecule has 0 aromatic heterocycles. The van der Waals surface area contributed by atoms with E-state index >= 15 is 0 Å². The van der Waals surface area contributed by atoms with Gasteiger partial charge in [-0.15, -0.1) is 0 Å². The quantitative estimate of drug-likeness (QED) is 0.187. The van der Waals surface area contributed by atoms with E-state index in [0.29, 0.717) is 45.1 Å². The lowest BCUT2D eigenvalue weighted by Crippen LogP contribution is -2.44. The van der Waals surface area contributed by atoms with E-state index in [1.165, 1.54) is 29.8 Å². The molecule has 4 rings (SSSR count). The van der Waals surface area contributed by atoms with Crippen molar-refractivity contribution in [3.63, 3.8) is 0 Å². The third kappa shape index (κ3) is 13.6. The average molecular weight is 805 g/mol. The van der Waals surface area contributed by atoms with E-state index < -0.39 is 0 Å². The largest absolute Gasteiger partial charge is 0.386 e. The van der Waals surface area contributed by atoms with Crippen molar-refractivity contribution in [2.45, 2.75) is 84.6 Å². The molecular weight excluding hydrogens is 729 g/mol. The maximum absolute atomic E-state index is 12.6. The van der Waals surface area contributed by atoms with Crippen molar-refractivity contribution in [3.05, 3.63) is 23.3 Å². The number of carbonyl (C=O) groups excluding carboxylic acids is 3. The summed E-state index contributed by atoms with van der Waals surface area (Å²) >= 11 is 0. The Morgan fingerprint density at radius 1 is 0.793 bits per heavy atom. The van der Waals surface area contributed by atoms with Crippen LogP contribution in [0.1, 0.15) is 89.7 Å². The molecule has 0 bridgehead atoms. The van der Waals surface area contributed by atoms with Crippen LogP contribution < -0.4 is 25.8 Å². The topological polar surface area (TPSA) is 119 Å². The summed E-state index contributed by atoms with van der Waals surface area (Å²) in [7, 11) is 8.52. The van der Waals surface area contributed by atoms with Crippen molar-refractivity contribution < 1.29 is 14.4 Å². The number of anilines is 3. The van der Waals surface area contributed by atoms with Gasteiger partial charge in [-0.1, -0.05) is 30.7 Å². The van der Waals surface area contributed by atoms with E-state index in [2.05, 4.69) is 97.7 Å². The lowest BCUT2D eigenvalue weighted by molar-refractivity contribution is -0.122. The molecule has 1 unspecified atom stereocenters. The van der Waals surface area contributed by atoms with Gasteiger partial charge in [-0.3, -0.25) is 19.5 Å². The summed E-state index contributed by atoms with van der Waals surface area (Å²) < 4.78 is 0. The summed E-state index contributed by atoms with van der Waals surface area (Å²) in [6.07, 6.45) is 18.4. The maximum atomic E-state index is 12.6. The molecule has 1 atom stereocenters. The Labute approximate surface area is 350 Å². The second kappa shape index (κ2) is 25.0. The van der Waals surface area contributed by atoms with Crippen molar-refractivity contribution in [2.75, 3.05) is 135 Å². The highest BCUT2D eigenvalue weighted by Gasteiger charge is 2.34. The number of rotatable bonds is 17. The number of likely N-dealkylation sites (N-methyl/N-ethyl adjacent to an activating group) is 1. The van der Waals surface area contributed by atoms with Crippen LogP contribution in [0, 0.1) is 0 Å². The van der Waals surface area contributed by atoms with Gasteiger partial charge in [-0.25, -0.2) is 0 Å². The van der Waals surface area contributed by atoms with E-state index in [0.717, 1.165) is 126 Å². The summed E-state index contributed by atoms with van der Waals surface area (Å²) in [5.41, 5.74) is 8.21. The molecule has 324 valence electrons. The zero-order valence-electron chi connectivity index (χ0n) is 37.1. The van der Waals surface area contributed by atoms with Crippen molar-refractivity contribution in [3.8, 4) is 0 Å². The molecule has 13 heteroatoms. The van der Waals surface area contributed by atoms with Crippen molar-refractivity contribution >= 4 is 58.7 Å². The second-order valence-electron chi connectivity index (χ2n) is 16.2. The number of benzene rings is 1. The number of fused-ring (bicyclic) bond motifs is 2. The molecule has 58 heavy (non-hydrogen) atoms. The second-order valence-corrected chi connectivity index (χ2v) is 16.2. The Kier molecular flexibility index (Phi) is 20.2. The van der Waals surface area contributed by atoms with Gasteiger partial charge in [-0.2, -0.15) is 0 Å². The van der Waals surface area contributed by atoms with Crippen LogP contribution in [0.4, 0.5) is 22.7 Å². The van der Waals surface area contributed by atoms with E-state index in [4.69, 9.17) is 4.99 Å². The zero-order chi connectivity index (χ0) is 41.9. The van der Waals surface area contributed by atoms with Crippen LogP contribution in [0.2, 0.25) is 0 Å². The highest BCUT2D eigenvalue weighted by Crippen LogP contribution is 2.51. The van der Waals surface area contributed by atoms with Crippen molar-refractivity contribution in [1.82, 2.24) is 30.2 Å². The lowest BCUT2D eigenvalue weighted by atomic mass is 9.87. The SMILES string of the molecule is C/C=C\c1c(NC)c(N(C)C)c(/C=C\CCN2CCCN(CCC(=O)NCC)CCN(CC(=O)NCC)CCCN(CCC=O)CC2)c2c1N(C)C1CCCCC1=N2. The molecule has 1 saturated heterocycles. The molecule has 1 aromatic rings. The Hall–Kier alpha value is -3.78. The van der Waals surface area contributed by atoms with Gasteiger partial charge in [0.05, 0.1) is 35.3 Å². The number of amides is 2. The molecule has 3 N–H and O–H groups in total. The highest BCUT2D eigenvalue weighted by atomic mass is 16.2. The number of hydrogen-bond donors (Lipinski definition) is 3. The summed E-state index contributed by atoms with van der Waals surface area (Å²) in [5, 5.41) is 9.48. The number of nitrogens with one attached hydrogen (secondary N) is 3. The number of aliphatic imine (C=N–C) groups is 1. The minimum Gasteiger partial charge on any atom is -0.386 e. The standard InChI is InChI=1S/C45H76N10O3/c1-8-18-36-42(46-4)44(50(5)6)37(43-45(36)51(7)39-21-12-11-20-38(39)49-43)19-13-14-23-52-24-15-26-54(29-22-40(57)47-9-2)32-33-55(35-41(58)48-10-3)27-16-25-53(31-30-52)28-17-34-56/h8,13,18-19,34,39,46H,9-12,14-17,20-33,35H2,1-7H3,(H,47,57)(H,48,58)/b18-8-,19-13-. The molecule has 2 heterocycles. The van der Waals surface area contributed by atoms with Crippen molar-refractivity contribution in [1.29, 1.82) is 0 Å². The van der Waals surface area contributed by atoms with E-state index in [-0.39, 0.29) is 11.8 Å². The number of hydrogen-bond acceptors (Lipinski definition) is 11. The molecular formula is C45H76N10O3. The first-order valence-electron chi connectivity index (χ1n) is 22.2. The van der Waals surface area contributed by atoms with Gasteiger partial charge in [-0.05, 0) is 85.5 Å². The number of allylic oxidation sites excluding steroid dienone is 1. The molecule has 1 saturated carbocycles. The van der Waals surface area contributed by atoms with Crippen LogP contribution >= 0.6 is 0 Å². The van der Waals surface area contributed by atoms with Crippen LogP contribution in [-0.4, -0.2) is 169 Å². The molecule has 1 aliphatic carbocycles. The Bertz CT molecular complexity index is 1560. The van der Waals surface area contributed by atoms with Gasteiger partial charge in [0, 0.05) is 117 Å². The zero-order valence-corrected chi connectivity index (χ0v) is 37.1. The molecule has 1 aromatic carbocycles. The first-order chi connectivity index (χ1) is 28.1. The minimum absolute atomic E-state index is 0.0458.